The molecule has 2 aliphatic rings. The summed E-state index contributed by atoms with van der Waals surface area (Å²) in [6, 6.07) is 29.1. The number of thioether (sulfide) groups is 2. The fourth-order valence-electron chi connectivity index (χ4n) is 6.22. The van der Waals surface area contributed by atoms with Crippen LogP contribution in [-0.2, 0) is 24.8 Å². The van der Waals surface area contributed by atoms with Gasteiger partial charge < -0.3 is 26.4 Å². The van der Waals surface area contributed by atoms with Crippen LogP contribution >= 0.6 is 34.9 Å². The van der Waals surface area contributed by atoms with Crippen molar-refractivity contribution in [1.29, 1.82) is 0 Å². The lowest BCUT2D eigenvalue weighted by molar-refractivity contribution is -0.150. The summed E-state index contributed by atoms with van der Waals surface area (Å²) < 4.78 is 0. The summed E-state index contributed by atoms with van der Waals surface area (Å²) in [6.45, 7) is 2.17. The maximum absolute atomic E-state index is 13.9. The van der Waals surface area contributed by atoms with E-state index in [0.29, 0.717) is 28.0 Å². The van der Waals surface area contributed by atoms with Crippen molar-refractivity contribution in [3.8, 4) is 0 Å². The summed E-state index contributed by atoms with van der Waals surface area (Å²) in [7, 11) is 0. The van der Waals surface area contributed by atoms with Crippen LogP contribution in [0.2, 0.25) is 0 Å². The minimum absolute atomic E-state index is 0.116. The van der Waals surface area contributed by atoms with E-state index in [1.165, 1.54) is 28.0 Å². The molecule has 0 saturated carbocycles. The number of aliphatic carboxylic acids is 1. The number of carbonyl (C=O) groups is 3. The number of hydrogen-bond donors (Lipinski definition) is 4. The third kappa shape index (κ3) is 7.14. The Morgan fingerprint density at radius 2 is 1.67 bits per heavy atom. The van der Waals surface area contributed by atoms with Gasteiger partial charge in [0.1, 0.15) is 35.0 Å². The van der Waals surface area contributed by atoms with E-state index in [-0.39, 0.29) is 29.5 Å². The number of carboxylic acid groups (broad SMARTS) is 1. The number of aromatic nitrogens is 5. The first-order chi connectivity index (χ1) is 26.3. The summed E-state index contributed by atoms with van der Waals surface area (Å²) in [5, 5.41) is 33.5. The van der Waals surface area contributed by atoms with Crippen LogP contribution in [0.1, 0.15) is 35.7 Å². The second-order valence-corrected chi connectivity index (χ2v) is 15.0. The van der Waals surface area contributed by atoms with Gasteiger partial charge in [-0.15, -0.1) is 27.9 Å². The van der Waals surface area contributed by atoms with Crippen molar-refractivity contribution in [2.45, 2.75) is 35.5 Å². The van der Waals surface area contributed by atoms with Crippen molar-refractivity contribution >= 4 is 63.5 Å². The van der Waals surface area contributed by atoms with E-state index in [0.717, 1.165) is 33.2 Å². The quantitative estimate of drug-likeness (QED) is 0.0227. The van der Waals surface area contributed by atoms with Gasteiger partial charge in [0.25, 0.3) is 11.8 Å². The van der Waals surface area contributed by atoms with E-state index >= 15 is 0 Å². The number of tetrazole rings is 1. The zero-order valence-electron chi connectivity index (χ0n) is 28.7. The molecule has 2 atom stereocenters. The number of nitrogens with two attached hydrogens (primary N) is 1. The van der Waals surface area contributed by atoms with Crippen LogP contribution in [-0.4, -0.2) is 88.3 Å². The summed E-state index contributed by atoms with van der Waals surface area (Å²) in [5.74, 6) is 3.70. The lowest BCUT2D eigenvalue weighted by Gasteiger charge is -2.49. The third-order valence-corrected chi connectivity index (χ3v) is 11.8. The number of nitrogens with one attached hydrogen (secondary N) is 2. The van der Waals surface area contributed by atoms with Gasteiger partial charge in [-0.1, -0.05) is 120 Å². The Morgan fingerprint density at radius 3 is 2.22 bits per heavy atom. The molecular weight excluding hydrogens is 749 g/mol. The van der Waals surface area contributed by atoms with Crippen molar-refractivity contribution in [2.75, 3.05) is 29.3 Å². The van der Waals surface area contributed by atoms with E-state index in [1.807, 2.05) is 61.5 Å². The molecule has 54 heavy (non-hydrogen) atoms. The lowest BCUT2D eigenvalue weighted by atomic mass is 9.77. The average Bonchev–Trinajstić information content (AvgIpc) is 3.85. The molecular formula is C36H34N10O5S3. The number of rotatable bonds is 15. The zero-order valence-corrected chi connectivity index (χ0v) is 31.2. The van der Waals surface area contributed by atoms with Gasteiger partial charge in [-0.25, -0.2) is 9.78 Å². The Morgan fingerprint density at radius 1 is 1.04 bits per heavy atom. The Hall–Kier alpha value is -5.72. The standard InChI is InChI=1S/C36H34N10O5S3/c1-2-18-51-42-27(30(47)39-28-31(48)45-29(33(49)50)22(19-52-32(28)45)20-54-35-41-43-44-46(35)37)26-21-53-34(38-26)40-36(23-12-6-3-7-13-23,24-14-8-4-9-15-24)25-16-10-5-11-17-25/h3-17,21,28,32H,2,18-20,37H2,1H3,(H,38,40)(H,39,47)(H,49,50)/t28-,32+/m1/s1. The average molecular weight is 783 g/mol. The van der Waals surface area contributed by atoms with Gasteiger partial charge in [-0.3, -0.25) is 14.5 Å². The third-order valence-electron chi connectivity index (χ3n) is 8.70. The lowest BCUT2D eigenvalue weighted by Crippen LogP contribution is -2.71. The number of oxime groups is 1. The minimum Gasteiger partial charge on any atom is -0.477 e. The molecule has 15 nitrogen and oxygen atoms in total. The number of carboxylic acids is 1. The highest BCUT2D eigenvalue weighted by molar-refractivity contribution is 8.01. The predicted molar refractivity (Wildman–Crippen MR) is 206 cm³/mol. The summed E-state index contributed by atoms with van der Waals surface area (Å²) >= 11 is 3.79. The number of thiazole rings is 1. The van der Waals surface area contributed by atoms with E-state index < -0.39 is 34.7 Å². The Balaban J connectivity index is 1.15. The number of benzene rings is 3. The number of nitrogens with zero attached hydrogens (tertiary/aromatic N) is 7. The highest BCUT2D eigenvalue weighted by Crippen LogP contribution is 2.42. The fourth-order valence-corrected chi connectivity index (χ4v) is 9.25. The first-order valence-corrected chi connectivity index (χ1v) is 19.7. The molecule has 3 aromatic carbocycles. The number of β-lactam (4-membered cyclic amide) rings is 1. The van der Waals surface area contributed by atoms with Gasteiger partial charge in [0.15, 0.2) is 10.8 Å². The normalized spacial score (nSPS) is 17.1. The van der Waals surface area contributed by atoms with Crippen molar-refractivity contribution in [2.24, 2.45) is 5.16 Å². The monoisotopic (exact) mass is 782 g/mol. The molecule has 5 N–H and O–H groups in total. The van der Waals surface area contributed by atoms with Crippen LogP contribution in [0.3, 0.4) is 0 Å². The largest absolute Gasteiger partial charge is 0.477 e. The molecule has 2 aliphatic heterocycles. The first-order valence-electron chi connectivity index (χ1n) is 16.8. The van der Waals surface area contributed by atoms with Gasteiger partial charge in [-0.2, -0.15) is 0 Å². The molecule has 0 aliphatic carbocycles. The second-order valence-electron chi connectivity index (χ2n) is 12.1. The van der Waals surface area contributed by atoms with Crippen LogP contribution in [0.25, 0.3) is 0 Å². The van der Waals surface area contributed by atoms with E-state index in [4.69, 9.17) is 15.7 Å². The number of carbonyl (C=O) groups excluding carboxylic acids is 2. The van der Waals surface area contributed by atoms with Gasteiger partial charge in [0, 0.05) is 16.9 Å². The van der Waals surface area contributed by atoms with E-state index in [1.54, 1.807) is 5.38 Å². The van der Waals surface area contributed by atoms with Crippen molar-refractivity contribution in [3.05, 3.63) is 130 Å². The zero-order chi connectivity index (χ0) is 37.7. The van der Waals surface area contributed by atoms with E-state index in [9.17, 15) is 19.5 Å². The van der Waals surface area contributed by atoms with Crippen LogP contribution in [0.5, 0.6) is 0 Å². The number of fused-ring (bicyclic) bond motifs is 1. The summed E-state index contributed by atoms with van der Waals surface area (Å²) in [6.07, 6.45) is 0.649. The molecule has 0 bridgehead atoms. The molecule has 18 heteroatoms. The molecule has 0 unspecified atom stereocenters. The second kappa shape index (κ2) is 16.1. The molecule has 4 heterocycles. The van der Waals surface area contributed by atoms with Crippen molar-refractivity contribution in [3.63, 3.8) is 0 Å². The number of amides is 2. The highest BCUT2D eigenvalue weighted by atomic mass is 32.2. The van der Waals surface area contributed by atoms with Crippen LogP contribution in [0.4, 0.5) is 5.13 Å². The maximum Gasteiger partial charge on any atom is 0.352 e. The van der Waals surface area contributed by atoms with Crippen molar-refractivity contribution in [1.82, 2.24) is 35.5 Å². The molecule has 5 aromatic rings. The molecule has 7 rings (SSSR count). The minimum atomic E-state index is -1.25. The maximum atomic E-state index is 13.9. The SMILES string of the molecule is CCCON=C(C(=O)N[C@@H]1C(=O)N2C(C(=O)O)=C(CSc3nnnn3N)CS[C@@H]12)c1csc(NC(c2ccccc2)(c2ccccc2)c2ccccc2)n1. The van der Waals surface area contributed by atoms with E-state index in [2.05, 4.69) is 67.7 Å². The number of hydrogen-bond acceptors (Lipinski definition) is 14. The Labute approximate surface area is 322 Å². The summed E-state index contributed by atoms with van der Waals surface area (Å²) in [5.41, 5.74) is 2.57. The molecule has 276 valence electrons. The van der Waals surface area contributed by atoms with Crippen LogP contribution < -0.4 is 16.5 Å². The molecule has 0 spiro atoms. The van der Waals surface area contributed by atoms with Crippen LogP contribution in [0, 0.1) is 0 Å². The number of anilines is 1. The molecule has 0 radical (unpaired) electrons. The van der Waals surface area contributed by atoms with Gasteiger partial charge in [0.2, 0.25) is 5.16 Å². The van der Waals surface area contributed by atoms with Gasteiger partial charge in [-0.05, 0) is 39.1 Å². The first kappa shape index (κ1) is 36.6. The van der Waals surface area contributed by atoms with Gasteiger partial charge in [0.05, 0.1) is 0 Å². The Kier molecular flexibility index (Phi) is 10.9. The highest BCUT2D eigenvalue weighted by Gasteiger charge is 2.54. The van der Waals surface area contributed by atoms with Crippen molar-refractivity contribution < 1.29 is 24.3 Å². The fraction of sp³-hybridized carbons (Fsp3) is 0.222. The molecule has 1 saturated heterocycles. The topological polar surface area (TPSA) is 203 Å². The Bertz CT molecular complexity index is 2100. The van der Waals surface area contributed by atoms with Crippen LogP contribution in [0.15, 0.2) is 118 Å². The van der Waals surface area contributed by atoms with Gasteiger partial charge >= 0.3 is 5.97 Å². The molecule has 2 aromatic heterocycles. The predicted octanol–water partition coefficient (Wildman–Crippen LogP) is 3.91. The summed E-state index contributed by atoms with van der Waals surface area (Å²) in [4.78, 5) is 52.4. The smallest absolute Gasteiger partial charge is 0.352 e. The molecule has 2 amide bonds. The number of nitrogen functional groups attached to an aromatic ring is 1. The molecule has 1 fully saturated rings.